The Kier molecular flexibility index (Phi) is 17.9. The van der Waals surface area contributed by atoms with E-state index in [1.54, 1.807) is 6.08 Å². The average molecular weight is 563 g/mol. The van der Waals surface area contributed by atoms with Crippen LogP contribution in [-0.4, -0.2) is 33.2 Å². The lowest BCUT2D eigenvalue weighted by molar-refractivity contribution is -0.167. The SMILES string of the molecule is CCCCCCCCCC1=CC(CCCCCCCC)(C(=O)O)C(CCCCCCCC)(C(=O)O)C=C1C(=O)O. The van der Waals surface area contributed by atoms with Gasteiger partial charge in [-0.1, -0.05) is 148 Å². The van der Waals surface area contributed by atoms with Crippen LogP contribution >= 0.6 is 0 Å². The Hall–Kier alpha value is -2.11. The van der Waals surface area contributed by atoms with Gasteiger partial charge in [0.2, 0.25) is 0 Å². The molecule has 0 heterocycles. The molecule has 0 aromatic heterocycles. The molecule has 0 radical (unpaired) electrons. The molecule has 0 bridgehead atoms. The topological polar surface area (TPSA) is 112 Å². The minimum Gasteiger partial charge on any atom is -0.481 e. The summed E-state index contributed by atoms with van der Waals surface area (Å²) in [7, 11) is 0. The Morgan fingerprint density at radius 1 is 0.525 bits per heavy atom. The highest BCUT2D eigenvalue weighted by atomic mass is 16.4. The Balaban J connectivity index is 3.32. The maximum Gasteiger partial charge on any atom is 0.335 e. The van der Waals surface area contributed by atoms with Gasteiger partial charge < -0.3 is 15.3 Å². The van der Waals surface area contributed by atoms with Crippen molar-refractivity contribution in [3.8, 4) is 0 Å². The van der Waals surface area contributed by atoms with Gasteiger partial charge in [0.15, 0.2) is 0 Å². The summed E-state index contributed by atoms with van der Waals surface area (Å²) < 4.78 is 0. The Morgan fingerprint density at radius 2 is 0.875 bits per heavy atom. The zero-order valence-corrected chi connectivity index (χ0v) is 25.8. The van der Waals surface area contributed by atoms with Gasteiger partial charge in [-0.3, -0.25) is 9.59 Å². The second-order valence-electron chi connectivity index (χ2n) is 12.0. The van der Waals surface area contributed by atoms with E-state index < -0.39 is 28.7 Å². The van der Waals surface area contributed by atoms with E-state index in [1.165, 1.54) is 25.3 Å². The predicted octanol–water partition coefficient (Wildman–Crippen LogP) is 9.72. The second kappa shape index (κ2) is 19.9. The third kappa shape index (κ3) is 10.7. The molecule has 6 nitrogen and oxygen atoms in total. The van der Waals surface area contributed by atoms with Gasteiger partial charge in [-0.15, -0.1) is 0 Å². The van der Waals surface area contributed by atoms with E-state index in [4.69, 9.17) is 0 Å². The Labute approximate surface area is 243 Å². The van der Waals surface area contributed by atoms with Crippen LogP contribution in [0.5, 0.6) is 0 Å². The van der Waals surface area contributed by atoms with E-state index in [1.807, 2.05) is 0 Å². The highest BCUT2D eigenvalue weighted by Crippen LogP contribution is 2.55. The molecule has 1 aliphatic carbocycles. The van der Waals surface area contributed by atoms with Gasteiger partial charge in [0.1, 0.15) is 10.8 Å². The van der Waals surface area contributed by atoms with Crippen LogP contribution in [-0.2, 0) is 14.4 Å². The van der Waals surface area contributed by atoms with Crippen LogP contribution in [0.25, 0.3) is 0 Å². The van der Waals surface area contributed by atoms with Crippen molar-refractivity contribution in [1.29, 1.82) is 0 Å². The molecule has 2 unspecified atom stereocenters. The molecule has 2 atom stereocenters. The summed E-state index contributed by atoms with van der Waals surface area (Å²) in [5, 5.41) is 31.5. The van der Waals surface area contributed by atoms with Crippen molar-refractivity contribution in [2.24, 2.45) is 10.8 Å². The van der Waals surface area contributed by atoms with Crippen LogP contribution in [0.2, 0.25) is 0 Å². The van der Waals surface area contributed by atoms with Crippen LogP contribution in [0.3, 0.4) is 0 Å². The van der Waals surface area contributed by atoms with Crippen molar-refractivity contribution >= 4 is 17.9 Å². The molecule has 0 amide bonds. The van der Waals surface area contributed by atoms with Gasteiger partial charge in [-0.25, -0.2) is 4.79 Å². The first kappa shape index (κ1) is 35.9. The zero-order chi connectivity index (χ0) is 29.9. The van der Waals surface area contributed by atoms with Crippen molar-refractivity contribution < 1.29 is 29.7 Å². The van der Waals surface area contributed by atoms with E-state index in [-0.39, 0.29) is 18.4 Å². The lowest BCUT2D eigenvalue weighted by atomic mass is 9.54. The number of unbranched alkanes of at least 4 members (excludes halogenated alkanes) is 16. The fourth-order valence-corrected chi connectivity index (χ4v) is 6.33. The molecule has 40 heavy (non-hydrogen) atoms. The quantitative estimate of drug-likeness (QED) is 0.0955. The number of carboxylic acid groups (broad SMARTS) is 3. The number of rotatable bonds is 25. The lowest BCUT2D eigenvalue weighted by Gasteiger charge is -2.45. The molecule has 0 saturated heterocycles. The van der Waals surface area contributed by atoms with E-state index in [0.717, 1.165) is 89.9 Å². The van der Waals surface area contributed by atoms with Crippen LogP contribution in [0, 0.1) is 10.8 Å². The van der Waals surface area contributed by atoms with Crippen LogP contribution in [0.4, 0.5) is 0 Å². The summed E-state index contributed by atoms with van der Waals surface area (Å²) in [5.74, 6) is -3.53. The van der Waals surface area contributed by atoms with E-state index >= 15 is 0 Å². The number of aliphatic carboxylic acids is 3. The molecule has 1 aliphatic rings. The number of hydrogen-bond donors (Lipinski definition) is 3. The Morgan fingerprint density at radius 3 is 1.25 bits per heavy atom. The summed E-state index contributed by atoms with van der Waals surface area (Å²) in [6.45, 7) is 6.47. The number of carbonyl (C=O) groups is 3. The van der Waals surface area contributed by atoms with Gasteiger partial charge in [0, 0.05) is 0 Å². The second-order valence-corrected chi connectivity index (χ2v) is 12.0. The van der Waals surface area contributed by atoms with Crippen molar-refractivity contribution in [1.82, 2.24) is 0 Å². The molecule has 0 aromatic rings. The highest BCUT2D eigenvalue weighted by molar-refractivity contribution is 5.98. The van der Waals surface area contributed by atoms with Gasteiger partial charge in [0.05, 0.1) is 5.57 Å². The van der Waals surface area contributed by atoms with E-state index in [0.29, 0.717) is 24.8 Å². The van der Waals surface area contributed by atoms with Gasteiger partial charge in [-0.05, 0) is 31.3 Å². The highest BCUT2D eigenvalue weighted by Gasteiger charge is 2.60. The number of carboxylic acids is 3. The number of hydrogen-bond acceptors (Lipinski definition) is 3. The van der Waals surface area contributed by atoms with Crippen LogP contribution in [0.15, 0.2) is 23.3 Å². The first-order valence-electron chi connectivity index (χ1n) is 16.4. The standard InChI is InChI=1S/C34H58O6/c1-4-7-10-13-16-17-20-23-28-26-33(31(37)38,24-21-18-14-11-8-5-2)34(32(39)40,27-29(28)30(35)36)25-22-19-15-12-9-6-3/h26-27H,4-25H2,1-3H3,(H,35,36)(H,37,38)(H,39,40). The molecule has 0 spiro atoms. The molecule has 230 valence electrons. The summed E-state index contributed by atoms with van der Waals surface area (Å²) in [5.41, 5.74) is -2.94. The largest absolute Gasteiger partial charge is 0.481 e. The zero-order valence-electron chi connectivity index (χ0n) is 25.8. The fraction of sp³-hybridized carbons (Fsp3) is 0.794. The minimum atomic E-state index is -1.77. The van der Waals surface area contributed by atoms with Crippen molar-refractivity contribution in [2.45, 2.75) is 162 Å². The lowest BCUT2D eigenvalue weighted by Crippen LogP contribution is -2.52. The molecule has 0 saturated carbocycles. The fourth-order valence-electron chi connectivity index (χ4n) is 6.33. The molecule has 0 fully saturated rings. The smallest absolute Gasteiger partial charge is 0.335 e. The first-order chi connectivity index (χ1) is 19.2. The van der Waals surface area contributed by atoms with E-state index in [9.17, 15) is 29.7 Å². The molecular weight excluding hydrogens is 504 g/mol. The van der Waals surface area contributed by atoms with Crippen molar-refractivity contribution in [2.75, 3.05) is 0 Å². The molecule has 6 heteroatoms. The van der Waals surface area contributed by atoms with Gasteiger partial charge in [0.25, 0.3) is 0 Å². The third-order valence-electron chi connectivity index (χ3n) is 8.85. The average Bonchev–Trinajstić information content (AvgIpc) is 2.92. The normalized spacial score (nSPS) is 20.7. The molecule has 0 aromatic carbocycles. The molecule has 1 rings (SSSR count). The monoisotopic (exact) mass is 562 g/mol. The third-order valence-corrected chi connectivity index (χ3v) is 8.85. The van der Waals surface area contributed by atoms with Crippen molar-refractivity contribution in [3.05, 3.63) is 23.3 Å². The van der Waals surface area contributed by atoms with E-state index in [2.05, 4.69) is 20.8 Å². The molecule has 0 aliphatic heterocycles. The van der Waals surface area contributed by atoms with Crippen LogP contribution in [0.1, 0.15) is 162 Å². The minimum absolute atomic E-state index is 0.0146. The van der Waals surface area contributed by atoms with Gasteiger partial charge >= 0.3 is 17.9 Å². The predicted molar refractivity (Wildman–Crippen MR) is 163 cm³/mol. The molecule has 3 N–H and O–H groups in total. The molecular formula is C34H58O6. The summed E-state index contributed by atoms with van der Waals surface area (Å²) >= 11 is 0. The first-order valence-corrected chi connectivity index (χ1v) is 16.4. The summed E-state index contributed by atoms with van der Waals surface area (Å²) in [4.78, 5) is 38.6. The van der Waals surface area contributed by atoms with Crippen LogP contribution < -0.4 is 0 Å². The maximum atomic E-state index is 13.2. The van der Waals surface area contributed by atoms with Gasteiger partial charge in [-0.2, -0.15) is 0 Å². The maximum absolute atomic E-state index is 13.2. The summed E-state index contributed by atoms with van der Waals surface area (Å²) in [6.07, 6.45) is 22.7. The Bertz CT molecular complexity index is 828. The van der Waals surface area contributed by atoms with Crippen molar-refractivity contribution in [3.63, 3.8) is 0 Å². The summed E-state index contributed by atoms with van der Waals surface area (Å²) in [6, 6.07) is 0.